The number of carbonyl (C=O) groups excluding carboxylic acids is 12. The molecule has 1 N–H and O–H groups in total. The molecule has 3 fully saturated rings. The zero-order valence-electron chi connectivity index (χ0n) is 33.4. The van der Waals surface area contributed by atoms with E-state index in [1.165, 1.54) is 0 Å². The van der Waals surface area contributed by atoms with E-state index >= 15 is 0 Å². The molecule has 0 aromatic heterocycles. The summed E-state index contributed by atoms with van der Waals surface area (Å²) in [6.07, 6.45) is -1.55. The van der Waals surface area contributed by atoms with Crippen molar-refractivity contribution >= 4 is 70.8 Å². The molecule has 332 valence electrons. The van der Waals surface area contributed by atoms with E-state index in [4.69, 9.17) is 33.5 Å². The number of nitrogens with one attached hydrogen (secondary N) is 1. The normalized spacial score (nSPS) is 15.6. The highest BCUT2D eigenvalue weighted by molar-refractivity contribution is 6.03. The van der Waals surface area contributed by atoms with Gasteiger partial charge >= 0.3 is 17.9 Å². The van der Waals surface area contributed by atoms with Gasteiger partial charge in [0.25, 0.3) is 35.4 Å². The lowest BCUT2D eigenvalue weighted by atomic mass is 9.92. The summed E-state index contributed by atoms with van der Waals surface area (Å²) in [5.41, 5.74) is -1.06. The maximum atomic E-state index is 12.5. The first-order valence-corrected chi connectivity index (χ1v) is 19.4. The molecule has 3 rings (SSSR count). The van der Waals surface area contributed by atoms with Crippen molar-refractivity contribution in [2.24, 2.45) is 5.41 Å². The highest BCUT2D eigenvalue weighted by Gasteiger charge is 2.36. The minimum absolute atomic E-state index is 0.00821. The van der Waals surface area contributed by atoms with Gasteiger partial charge in [-0.25, -0.2) is 14.4 Å². The van der Waals surface area contributed by atoms with Crippen LogP contribution in [0.1, 0.15) is 96.8 Å². The fraction of sp³-hybridized carbons (Fsp3) is 0.676. The lowest BCUT2D eigenvalue weighted by molar-refractivity contribution is -0.197. The SMILES string of the molecule is CCCOCC(COCCC(=O)CCC(=O)ON1C(=O)CCC1=O)(COCCC(=O)CCC(=O)ON1C(=O)CCC1=O)COCCC(=O)NCC(=O)ON1C(=O)CCC1=O. The second-order valence-corrected chi connectivity index (χ2v) is 13.9. The number of ketones is 2. The molecule has 0 saturated carbocycles. The molecule has 0 radical (unpaired) electrons. The van der Waals surface area contributed by atoms with Gasteiger partial charge < -0.3 is 38.8 Å². The van der Waals surface area contributed by atoms with Gasteiger partial charge in [0.05, 0.1) is 64.5 Å². The summed E-state index contributed by atoms with van der Waals surface area (Å²) in [6.45, 7) is 0.891. The summed E-state index contributed by atoms with van der Waals surface area (Å²) in [5, 5.41) is 3.45. The van der Waals surface area contributed by atoms with Crippen molar-refractivity contribution in [1.29, 1.82) is 0 Å². The molecule has 23 nitrogen and oxygen atoms in total. The molecule has 0 aliphatic carbocycles. The molecule has 7 amide bonds. The molecule has 0 atom stereocenters. The molecule has 3 aliphatic rings. The lowest BCUT2D eigenvalue weighted by Gasteiger charge is -2.33. The molecule has 0 aromatic carbocycles. The summed E-state index contributed by atoms with van der Waals surface area (Å²) < 4.78 is 23.3. The van der Waals surface area contributed by atoms with E-state index in [2.05, 4.69) is 5.32 Å². The molecule has 3 saturated heterocycles. The zero-order valence-corrected chi connectivity index (χ0v) is 33.4. The van der Waals surface area contributed by atoms with Crippen molar-refractivity contribution in [1.82, 2.24) is 20.5 Å². The highest BCUT2D eigenvalue weighted by Crippen LogP contribution is 2.22. The van der Waals surface area contributed by atoms with E-state index in [0.29, 0.717) is 28.2 Å². The Morgan fingerprint density at radius 2 is 0.800 bits per heavy atom. The first-order chi connectivity index (χ1) is 28.6. The predicted molar refractivity (Wildman–Crippen MR) is 193 cm³/mol. The Hall–Kier alpha value is -5.52. The fourth-order valence-electron chi connectivity index (χ4n) is 5.48. The second kappa shape index (κ2) is 25.2. The first-order valence-electron chi connectivity index (χ1n) is 19.4. The maximum Gasteiger partial charge on any atom is 0.352 e. The Morgan fingerprint density at radius 1 is 0.467 bits per heavy atom. The van der Waals surface area contributed by atoms with Gasteiger partial charge in [-0.2, -0.15) is 0 Å². The van der Waals surface area contributed by atoms with Gasteiger partial charge in [-0.15, -0.1) is 15.2 Å². The molecule has 0 spiro atoms. The van der Waals surface area contributed by atoms with Crippen LogP contribution in [0.2, 0.25) is 0 Å². The average Bonchev–Trinajstić information content (AvgIpc) is 3.83. The largest absolute Gasteiger partial charge is 0.381 e. The van der Waals surface area contributed by atoms with Crippen LogP contribution in [-0.4, -0.2) is 145 Å². The quantitative estimate of drug-likeness (QED) is 0.0687. The van der Waals surface area contributed by atoms with Gasteiger partial charge in [0.15, 0.2) is 0 Å². The van der Waals surface area contributed by atoms with Crippen LogP contribution >= 0.6 is 0 Å². The zero-order chi connectivity index (χ0) is 44.1. The molecule has 3 heterocycles. The number of carbonyl (C=O) groups is 12. The Balaban J connectivity index is 1.50. The first kappa shape index (κ1) is 48.8. The molecule has 3 aliphatic heterocycles. The van der Waals surface area contributed by atoms with Crippen molar-refractivity contribution < 1.29 is 91.0 Å². The summed E-state index contributed by atoms with van der Waals surface area (Å²) in [6, 6.07) is 0. The van der Waals surface area contributed by atoms with Gasteiger partial charge in [0, 0.05) is 77.2 Å². The van der Waals surface area contributed by atoms with Gasteiger partial charge in [-0.1, -0.05) is 6.92 Å². The van der Waals surface area contributed by atoms with Crippen molar-refractivity contribution in [3.05, 3.63) is 0 Å². The predicted octanol–water partition coefficient (Wildman–Crippen LogP) is -0.744. The highest BCUT2D eigenvalue weighted by atomic mass is 16.7. The number of hydrogen-bond acceptors (Lipinski definition) is 19. The standard InChI is InChI=1S/C37H50N4O19/c1-2-16-54-21-37(22-55-17-13-25(42)3-11-34(51)58-39-28(45)5-6-29(39)46,23-56-18-14-26(43)4-12-35(52)59-40-30(47)7-8-31(40)48)24-57-19-15-27(44)38-20-36(53)60-41-32(49)9-10-33(41)50/h2-24H2,1H3,(H,38,44). The van der Waals surface area contributed by atoms with Crippen LogP contribution < -0.4 is 5.32 Å². The van der Waals surface area contributed by atoms with Crippen LogP contribution in [0, 0.1) is 5.41 Å². The van der Waals surface area contributed by atoms with E-state index in [1.807, 2.05) is 6.92 Å². The van der Waals surface area contributed by atoms with E-state index in [1.54, 1.807) is 0 Å². The minimum Gasteiger partial charge on any atom is -0.381 e. The smallest absolute Gasteiger partial charge is 0.352 e. The second-order valence-electron chi connectivity index (χ2n) is 13.9. The third-order valence-corrected chi connectivity index (χ3v) is 8.75. The average molecular weight is 855 g/mol. The van der Waals surface area contributed by atoms with E-state index in [-0.39, 0.29) is 141 Å². The van der Waals surface area contributed by atoms with Crippen molar-refractivity contribution in [3.8, 4) is 0 Å². The van der Waals surface area contributed by atoms with Gasteiger partial charge in [0.1, 0.15) is 18.1 Å². The number of nitrogens with zero attached hydrogens (tertiary/aromatic N) is 3. The molecule has 23 heteroatoms. The minimum atomic E-state index is -1.06. The summed E-state index contributed by atoms with van der Waals surface area (Å²) in [5.74, 6) is -8.18. The monoisotopic (exact) mass is 854 g/mol. The van der Waals surface area contributed by atoms with Crippen LogP contribution in [0.3, 0.4) is 0 Å². The molecular weight excluding hydrogens is 804 g/mol. The lowest BCUT2D eigenvalue weighted by Crippen LogP contribution is -2.42. The molecular formula is C37H50N4O19. The van der Waals surface area contributed by atoms with E-state index in [0.717, 1.165) is 0 Å². The Bertz CT molecular complexity index is 1420. The Kier molecular flexibility index (Phi) is 20.5. The maximum absolute atomic E-state index is 12.5. The number of hydrogen-bond donors (Lipinski definition) is 1. The van der Waals surface area contributed by atoms with Crippen LogP contribution in [0.25, 0.3) is 0 Å². The van der Waals surface area contributed by atoms with Crippen LogP contribution in [0.5, 0.6) is 0 Å². The van der Waals surface area contributed by atoms with Crippen molar-refractivity contribution in [2.75, 3.05) is 59.4 Å². The number of Topliss-reactive ketones (excluding diaryl/α,β-unsaturated/α-hetero) is 2. The van der Waals surface area contributed by atoms with Gasteiger partial charge in [-0.05, 0) is 6.42 Å². The van der Waals surface area contributed by atoms with Crippen LogP contribution in [0.15, 0.2) is 0 Å². The third kappa shape index (κ3) is 17.0. The Labute approximate surface area is 343 Å². The number of rotatable bonds is 30. The van der Waals surface area contributed by atoms with Crippen molar-refractivity contribution in [3.63, 3.8) is 0 Å². The number of amides is 7. The van der Waals surface area contributed by atoms with Crippen molar-refractivity contribution in [2.45, 2.75) is 96.8 Å². The van der Waals surface area contributed by atoms with Gasteiger partial charge in [-0.3, -0.25) is 43.2 Å². The Morgan fingerprint density at radius 3 is 1.17 bits per heavy atom. The fourth-order valence-corrected chi connectivity index (χ4v) is 5.48. The summed E-state index contributed by atoms with van der Waals surface area (Å²) in [7, 11) is 0. The molecule has 0 bridgehead atoms. The molecule has 0 aromatic rings. The summed E-state index contributed by atoms with van der Waals surface area (Å²) in [4.78, 5) is 158. The van der Waals surface area contributed by atoms with Crippen LogP contribution in [0.4, 0.5) is 0 Å². The number of ether oxygens (including phenoxy) is 4. The number of imide groups is 3. The van der Waals surface area contributed by atoms with Gasteiger partial charge in [0.2, 0.25) is 5.91 Å². The molecule has 60 heavy (non-hydrogen) atoms. The van der Waals surface area contributed by atoms with E-state index < -0.39 is 71.2 Å². The topological polar surface area (TPSA) is 291 Å². The number of hydroxylamine groups is 6. The van der Waals surface area contributed by atoms with E-state index in [9.17, 15) is 57.5 Å². The summed E-state index contributed by atoms with van der Waals surface area (Å²) >= 11 is 0. The molecule has 0 unspecified atom stereocenters. The van der Waals surface area contributed by atoms with Crippen LogP contribution in [-0.2, 0) is 91.0 Å². The third-order valence-electron chi connectivity index (χ3n) is 8.75.